The molecule has 21 heavy (non-hydrogen) atoms. The lowest BCUT2D eigenvalue weighted by Crippen LogP contribution is -2.44. The second kappa shape index (κ2) is 6.80. The van der Waals surface area contributed by atoms with Gasteiger partial charge in [0.2, 0.25) is 0 Å². The van der Waals surface area contributed by atoms with Crippen LogP contribution in [0.4, 0.5) is 23.7 Å². The summed E-state index contributed by atoms with van der Waals surface area (Å²) in [6, 6.07) is 4.30. The number of carbonyl (C=O) groups excluding carboxylic acids is 1. The molecule has 1 atom stereocenters. The summed E-state index contributed by atoms with van der Waals surface area (Å²) < 4.78 is 37.7. The molecule has 3 N–H and O–H groups in total. The molecular formula is C14H18F3N3O. The van der Waals surface area contributed by atoms with Gasteiger partial charge in [-0.3, -0.25) is 0 Å². The zero-order valence-electron chi connectivity index (χ0n) is 11.5. The molecule has 4 nitrogen and oxygen atoms in total. The van der Waals surface area contributed by atoms with E-state index in [2.05, 4.69) is 16.0 Å². The summed E-state index contributed by atoms with van der Waals surface area (Å²) >= 11 is 0. The molecule has 1 fully saturated rings. The molecule has 0 saturated carbocycles. The Hall–Kier alpha value is -1.76. The first-order chi connectivity index (χ1) is 9.95. The van der Waals surface area contributed by atoms with Gasteiger partial charge in [-0.2, -0.15) is 13.2 Å². The van der Waals surface area contributed by atoms with Gasteiger partial charge in [-0.1, -0.05) is 12.5 Å². The number of urea groups is 1. The molecule has 0 aromatic heterocycles. The Kier molecular flexibility index (Phi) is 5.06. The number of carbonyl (C=O) groups is 1. The van der Waals surface area contributed by atoms with E-state index in [1.165, 1.54) is 12.1 Å². The molecule has 0 bridgehead atoms. The Balaban J connectivity index is 1.84. The van der Waals surface area contributed by atoms with Gasteiger partial charge in [-0.15, -0.1) is 0 Å². The summed E-state index contributed by atoms with van der Waals surface area (Å²) in [4.78, 5) is 11.7. The summed E-state index contributed by atoms with van der Waals surface area (Å²) in [5.74, 6) is 0. The largest absolute Gasteiger partial charge is 0.416 e. The second-order valence-electron chi connectivity index (χ2n) is 5.06. The van der Waals surface area contributed by atoms with Crippen molar-refractivity contribution in [1.29, 1.82) is 0 Å². The van der Waals surface area contributed by atoms with E-state index in [1.807, 2.05) is 0 Å². The van der Waals surface area contributed by atoms with Crippen LogP contribution >= 0.6 is 0 Å². The number of alkyl halides is 3. The Morgan fingerprint density at radius 3 is 2.81 bits per heavy atom. The van der Waals surface area contributed by atoms with Crippen molar-refractivity contribution >= 4 is 11.7 Å². The normalized spacial score (nSPS) is 19.1. The molecule has 1 saturated heterocycles. The molecule has 0 radical (unpaired) electrons. The number of rotatable bonds is 3. The van der Waals surface area contributed by atoms with Crippen LogP contribution in [0.15, 0.2) is 24.3 Å². The van der Waals surface area contributed by atoms with Crippen molar-refractivity contribution in [3.8, 4) is 0 Å². The minimum absolute atomic E-state index is 0.124. The first-order valence-corrected chi connectivity index (χ1v) is 6.90. The van der Waals surface area contributed by atoms with E-state index in [4.69, 9.17) is 0 Å². The SMILES string of the molecule is O=C(NCC1CCCCN1)Nc1cccc(C(F)(F)F)c1. The van der Waals surface area contributed by atoms with Gasteiger partial charge in [0.1, 0.15) is 0 Å². The van der Waals surface area contributed by atoms with Gasteiger partial charge in [-0.05, 0) is 37.6 Å². The molecule has 116 valence electrons. The minimum atomic E-state index is -4.42. The molecule has 1 unspecified atom stereocenters. The van der Waals surface area contributed by atoms with Crippen LogP contribution in [0.5, 0.6) is 0 Å². The third-order valence-corrected chi connectivity index (χ3v) is 3.37. The molecule has 1 heterocycles. The van der Waals surface area contributed by atoms with Crippen molar-refractivity contribution in [2.24, 2.45) is 0 Å². The standard InChI is InChI=1S/C14H18F3N3O/c15-14(16,17)10-4-3-6-11(8-10)20-13(21)19-9-12-5-1-2-7-18-12/h3-4,6,8,12,18H,1-2,5,7,9H2,(H2,19,20,21). The van der Waals surface area contributed by atoms with Crippen molar-refractivity contribution in [3.63, 3.8) is 0 Å². The number of hydrogen-bond acceptors (Lipinski definition) is 2. The molecule has 2 rings (SSSR count). The van der Waals surface area contributed by atoms with Crippen LogP contribution in [-0.4, -0.2) is 25.2 Å². The van der Waals surface area contributed by atoms with Crippen LogP contribution in [0.1, 0.15) is 24.8 Å². The third-order valence-electron chi connectivity index (χ3n) is 3.37. The van der Waals surface area contributed by atoms with Gasteiger partial charge in [0, 0.05) is 18.3 Å². The van der Waals surface area contributed by atoms with Gasteiger partial charge in [0.05, 0.1) is 5.56 Å². The number of halogens is 3. The van der Waals surface area contributed by atoms with Gasteiger partial charge in [0.15, 0.2) is 0 Å². The van der Waals surface area contributed by atoms with E-state index in [1.54, 1.807) is 0 Å². The molecular weight excluding hydrogens is 283 g/mol. The van der Waals surface area contributed by atoms with E-state index in [-0.39, 0.29) is 11.7 Å². The highest BCUT2D eigenvalue weighted by Gasteiger charge is 2.30. The highest BCUT2D eigenvalue weighted by molar-refractivity contribution is 5.89. The maximum Gasteiger partial charge on any atom is 0.416 e. The number of hydrogen-bond donors (Lipinski definition) is 3. The molecule has 1 aromatic carbocycles. The fraction of sp³-hybridized carbons (Fsp3) is 0.500. The summed E-state index contributed by atoms with van der Waals surface area (Å²) in [7, 11) is 0. The fourth-order valence-electron chi connectivity index (χ4n) is 2.26. The van der Waals surface area contributed by atoms with Crippen molar-refractivity contribution < 1.29 is 18.0 Å². The van der Waals surface area contributed by atoms with Gasteiger partial charge >= 0.3 is 12.2 Å². The van der Waals surface area contributed by atoms with Crippen molar-refractivity contribution in [1.82, 2.24) is 10.6 Å². The van der Waals surface area contributed by atoms with Crippen molar-refractivity contribution in [3.05, 3.63) is 29.8 Å². The number of anilines is 1. The molecule has 0 aliphatic carbocycles. The van der Waals surface area contributed by atoms with E-state index < -0.39 is 17.8 Å². The zero-order chi connectivity index (χ0) is 15.3. The van der Waals surface area contributed by atoms with E-state index in [0.717, 1.165) is 37.9 Å². The maximum atomic E-state index is 12.6. The van der Waals surface area contributed by atoms with Crippen LogP contribution in [0.3, 0.4) is 0 Å². The summed E-state index contributed by atoms with van der Waals surface area (Å²) in [5, 5.41) is 8.36. The second-order valence-corrected chi connectivity index (χ2v) is 5.06. The maximum absolute atomic E-state index is 12.6. The highest BCUT2D eigenvalue weighted by Crippen LogP contribution is 2.30. The number of piperidine rings is 1. The predicted octanol–water partition coefficient (Wildman–Crippen LogP) is 2.97. The van der Waals surface area contributed by atoms with Crippen LogP contribution in [0.2, 0.25) is 0 Å². The predicted molar refractivity (Wildman–Crippen MR) is 74.1 cm³/mol. The summed E-state index contributed by atoms with van der Waals surface area (Å²) in [6.45, 7) is 1.40. The Morgan fingerprint density at radius 2 is 2.14 bits per heavy atom. The summed E-state index contributed by atoms with van der Waals surface area (Å²) in [6.07, 6.45) is -1.18. The monoisotopic (exact) mass is 301 g/mol. The molecule has 7 heteroatoms. The molecule has 0 spiro atoms. The first-order valence-electron chi connectivity index (χ1n) is 6.90. The average Bonchev–Trinajstić information content (AvgIpc) is 2.46. The van der Waals surface area contributed by atoms with Gasteiger partial charge < -0.3 is 16.0 Å². The van der Waals surface area contributed by atoms with Gasteiger partial charge in [0.25, 0.3) is 0 Å². The van der Waals surface area contributed by atoms with Crippen LogP contribution in [0, 0.1) is 0 Å². The Labute approximate surface area is 121 Å². The van der Waals surface area contributed by atoms with Crippen molar-refractivity contribution in [2.75, 3.05) is 18.4 Å². The molecule has 1 aliphatic rings. The minimum Gasteiger partial charge on any atom is -0.336 e. The van der Waals surface area contributed by atoms with Crippen molar-refractivity contribution in [2.45, 2.75) is 31.5 Å². The quantitative estimate of drug-likeness (QED) is 0.804. The third kappa shape index (κ3) is 4.93. The van der Waals surface area contributed by atoms with Gasteiger partial charge in [-0.25, -0.2) is 4.79 Å². The lowest BCUT2D eigenvalue weighted by Gasteiger charge is -2.23. The summed E-state index contributed by atoms with van der Waals surface area (Å²) in [5.41, 5.74) is -0.659. The zero-order valence-corrected chi connectivity index (χ0v) is 11.5. The first kappa shape index (κ1) is 15.6. The number of amides is 2. The van der Waals surface area contributed by atoms with E-state index >= 15 is 0 Å². The van der Waals surface area contributed by atoms with Crippen LogP contribution in [0.25, 0.3) is 0 Å². The van der Waals surface area contributed by atoms with E-state index in [0.29, 0.717) is 6.54 Å². The molecule has 2 amide bonds. The van der Waals surface area contributed by atoms with E-state index in [9.17, 15) is 18.0 Å². The lowest BCUT2D eigenvalue weighted by molar-refractivity contribution is -0.137. The topological polar surface area (TPSA) is 53.2 Å². The molecule has 1 aliphatic heterocycles. The highest BCUT2D eigenvalue weighted by atomic mass is 19.4. The number of nitrogens with one attached hydrogen (secondary N) is 3. The molecule has 1 aromatic rings. The fourth-order valence-corrected chi connectivity index (χ4v) is 2.26. The van der Waals surface area contributed by atoms with Crippen LogP contribution in [-0.2, 0) is 6.18 Å². The van der Waals surface area contributed by atoms with Crippen LogP contribution < -0.4 is 16.0 Å². The lowest BCUT2D eigenvalue weighted by atomic mass is 10.1. The Morgan fingerprint density at radius 1 is 1.33 bits per heavy atom. The smallest absolute Gasteiger partial charge is 0.336 e. The average molecular weight is 301 g/mol. The Bertz CT molecular complexity index is 485. The number of benzene rings is 1.